The maximum Gasteiger partial charge on any atom is 0.409 e. The number of hydrogen-bond acceptors (Lipinski definition) is 8. The fourth-order valence-electron chi connectivity index (χ4n) is 4.99. The third-order valence-electron chi connectivity index (χ3n) is 7.18. The van der Waals surface area contributed by atoms with Gasteiger partial charge in [0.15, 0.2) is 5.82 Å². The number of amides is 3. The van der Waals surface area contributed by atoms with Crippen LogP contribution in [0, 0.1) is 0 Å². The van der Waals surface area contributed by atoms with Crippen molar-refractivity contribution in [2.45, 2.75) is 64.0 Å². The van der Waals surface area contributed by atoms with Crippen LogP contribution < -0.4 is 10.1 Å². The molecule has 1 aliphatic heterocycles. The van der Waals surface area contributed by atoms with Crippen LogP contribution >= 0.6 is 0 Å². The standard InChI is InChI=1S/C29H39N5O6/c1-2-39-29(38)34-17-15-33(16-18-34)28(37)23(14-8-9-19-35)31-27(36)24-20-25(40-22-12-6-7-13-22)32-26(30-24)21-10-4-3-5-11-21/h3-5,10-11,20,22-23,35H,2,6-9,12-19H2,1H3,(H,31,36)/t23-/m0/s1. The quantitative estimate of drug-likeness (QED) is 0.406. The normalized spacial score (nSPS) is 16.4. The lowest BCUT2D eigenvalue weighted by molar-refractivity contribution is -0.135. The molecule has 2 aliphatic rings. The van der Waals surface area contributed by atoms with Crippen molar-refractivity contribution in [3.63, 3.8) is 0 Å². The Kier molecular flexibility index (Phi) is 10.7. The summed E-state index contributed by atoms with van der Waals surface area (Å²) in [5, 5.41) is 12.2. The number of ether oxygens (including phenoxy) is 2. The summed E-state index contributed by atoms with van der Waals surface area (Å²) in [6.07, 6.45) is 5.18. The number of carbonyl (C=O) groups is 3. The van der Waals surface area contributed by atoms with E-state index >= 15 is 0 Å². The minimum atomic E-state index is -0.803. The molecule has 0 spiro atoms. The van der Waals surface area contributed by atoms with Gasteiger partial charge in [-0.15, -0.1) is 0 Å². The average molecular weight is 554 g/mol. The van der Waals surface area contributed by atoms with Crippen LogP contribution in [0.4, 0.5) is 4.79 Å². The Balaban J connectivity index is 1.50. The van der Waals surface area contributed by atoms with E-state index in [1.165, 1.54) is 6.07 Å². The van der Waals surface area contributed by atoms with E-state index in [-0.39, 0.29) is 24.3 Å². The lowest BCUT2D eigenvalue weighted by Gasteiger charge is -2.36. The molecule has 1 aromatic heterocycles. The first kappa shape index (κ1) is 29.3. The highest BCUT2D eigenvalue weighted by atomic mass is 16.6. The number of rotatable bonds is 11. The summed E-state index contributed by atoms with van der Waals surface area (Å²) in [7, 11) is 0. The molecule has 0 radical (unpaired) electrons. The van der Waals surface area contributed by atoms with E-state index < -0.39 is 18.0 Å². The van der Waals surface area contributed by atoms with Crippen LogP contribution in [0.25, 0.3) is 11.4 Å². The SMILES string of the molecule is CCOC(=O)N1CCN(C(=O)[C@H](CCCCO)NC(=O)c2cc(OC3CCCC3)nc(-c3ccccc3)n2)CC1. The zero-order valence-corrected chi connectivity index (χ0v) is 23.1. The second kappa shape index (κ2) is 14.6. The molecule has 4 rings (SSSR count). The zero-order chi connectivity index (χ0) is 28.3. The summed E-state index contributed by atoms with van der Waals surface area (Å²) < 4.78 is 11.2. The van der Waals surface area contributed by atoms with Gasteiger partial charge in [0.1, 0.15) is 17.8 Å². The second-order valence-corrected chi connectivity index (χ2v) is 10.1. The minimum absolute atomic E-state index is 0.00127. The van der Waals surface area contributed by atoms with E-state index in [0.29, 0.717) is 63.8 Å². The third-order valence-corrected chi connectivity index (χ3v) is 7.18. The molecule has 1 saturated carbocycles. The van der Waals surface area contributed by atoms with Crippen LogP contribution in [0.3, 0.4) is 0 Å². The Bertz CT molecular complexity index is 1130. The molecule has 0 unspecified atom stereocenters. The first-order valence-electron chi connectivity index (χ1n) is 14.2. The van der Waals surface area contributed by atoms with Crippen LogP contribution in [0.15, 0.2) is 36.4 Å². The summed E-state index contributed by atoms with van der Waals surface area (Å²) >= 11 is 0. The van der Waals surface area contributed by atoms with Gasteiger partial charge in [-0.2, -0.15) is 4.98 Å². The van der Waals surface area contributed by atoms with Crippen molar-refractivity contribution in [1.82, 2.24) is 25.1 Å². The van der Waals surface area contributed by atoms with Crippen LogP contribution in [0.5, 0.6) is 5.88 Å². The lowest BCUT2D eigenvalue weighted by Crippen LogP contribution is -2.56. The van der Waals surface area contributed by atoms with E-state index in [1.807, 2.05) is 30.3 Å². The van der Waals surface area contributed by atoms with Gasteiger partial charge in [-0.05, 0) is 51.9 Å². The summed E-state index contributed by atoms with van der Waals surface area (Å²) in [4.78, 5) is 51.4. The van der Waals surface area contributed by atoms with Crippen molar-refractivity contribution < 1.29 is 29.0 Å². The molecular weight excluding hydrogens is 514 g/mol. The molecule has 0 bridgehead atoms. The molecule has 40 heavy (non-hydrogen) atoms. The van der Waals surface area contributed by atoms with Crippen molar-refractivity contribution in [1.29, 1.82) is 0 Å². The molecular formula is C29H39N5O6. The van der Waals surface area contributed by atoms with Crippen LogP contribution in [-0.4, -0.2) is 94.3 Å². The van der Waals surface area contributed by atoms with Crippen molar-refractivity contribution in [2.24, 2.45) is 0 Å². The highest BCUT2D eigenvalue weighted by molar-refractivity contribution is 5.96. The van der Waals surface area contributed by atoms with Gasteiger partial charge in [-0.3, -0.25) is 9.59 Å². The van der Waals surface area contributed by atoms with E-state index in [2.05, 4.69) is 15.3 Å². The largest absolute Gasteiger partial charge is 0.474 e. The topological polar surface area (TPSA) is 134 Å². The van der Waals surface area contributed by atoms with Gasteiger partial charge in [0, 0.05) is 44.4 Å². The van der Waals surface area contributed by atoms with Gasteiger partial charge in [0.2, 0.25) is 11.8 Å². The maximum atomic E-state index is 13.5. The van der Waals surface area contributed by atoms with Crippen LogP contribution in [0.2, 0.25) is 0 Å². The van der Waals surface area contributed by atoms with Gasteiger partial charge in [0.25, 0.3) is 5.91 Å². The van der Waals surface area contributed by atoms with Crippen molar-refractivity contribution in [3.05, 3.63) is 42.1 Å². The summed E-state index contributed by atoms with van der Waals surface area (Å²) in [5.41, 5.74) is 0.873. The van der Waals surface area contributed by atoms with E-state index in [4.69, 9.17) is 9.47 Å². The molecule has 1 saturated heterocycles. The number of hydrogen-bond donors (Lipinski definition) is 2. The van der Waals surface area contributed by atoms with Crippen molar-refractivity contribution in [3.8, 4) is 17.3 Å². The van der Waals surface area contributed by atoms with Gasteiger partial charge >= 0.3 is 6.09 Å². The van der Waals surface area contributed by atoms with E-state index in [1.54, 1.807) is 16.7 Å². The number of aromatic nitrogens is 2. The summed E-state index contributed by atoms with van der Waals surface area (Å²) in [5.74, 6) is -0.0124. The van der Waals surface area contributed by atoms with Gasteiger partial charge in [-0.1, -0.05) is 30.3 Å². The Morgan fingerprint density at radius 1 is 1.02 bits per heavy atom. The Morgan fingerprint density at radius 3 is 2.40 bits per heavy atom. The molecule has 1 atom stereocenters. The molecule has 1 aliphatic carbocycles. The zero-order valence-electron chi connectivity index (χ0n) is 23.1. The fraction of sp³-hybridized carbons (Fsp3) is 0.552. The predicted molar refractivity (Wildman–Crippen MR) is 148 cm³/mol. The Hall–Kier alpha value is -3.73. The molecule has 3 amide bonds. The Morgan fingerprint density at radius 2 is 1.73 bits per heavy atom. The van der Waals surface area contributed by atoms with Crippen LogP contribution in [0.1, 0.15) is 62.4 Å². The second-order valence-electron chi connectivity index (χ2n) is 10.1. The maximum absolute atomic E-state index is 13.5. The van der Waals surface area contributed by atoms with E-state index in [9.17, 15) is 19.5 Å². The number of benzene rings is 1. The predicted octanol–water partition coefficient (Wildman–Crippen LogP) is 3.03. The fourth-order valence-corrected chi connectivity index (χ4v) is 4.99. The molecule has 1 aromatic carbocycles. The number of piperazine rings is 1. The molecule has 11 nitrogen and oxygen atoms in total. The molecule has 216 valence electrons. The highest BCUT2D eigenvalue weighted by Crippen LogP contribution is 2.25. The van der Waals surface area contributed by atoms with E-state index in [0.717, 1.165) is 31.2 Å². The molecule has 11 heteroatoms. The number of nitrogens with one attached hydrogen (secondary N) is 1. The van der Waals surface area contributed by atoms with Gasteiger partial charge < -0.3 is 29.7 Å². The first-order chi connectivity index (χ1) is 19.5. The molecule has 2 fully saturated rings. The smallest absolute Gasteiger partial charge is 0.409 e. The van der Waals surface area contributed by atoms with Crippen molar-refractivity contribution in [2.75, 3.05) is 39.4 Å². The number of carbonyl (C=O) groups excluding carboxylic acids is 3. The number of aliphatic hydroxyl groups excluding tert-OH is 1. The molecule has 2 heterocycles. The van der Waals surface area contributed by atoms with Gasteiger partial charge in [-0.25, -0.2) is 9.78 Å². The number of aliphatic hydroxyl groups is 1. The monoisotopic (exact) mass is 553 g/mol. The van der Waals surface area contributed by atoms with Crippen LogP contribution in [-0.2, 0) is 9.53 Å². The average Bonchev–Trinajstić information content (AvgIpc) is 3.50. The van der Waals surface area contributed by atoms with Crippen molar-refractivity contribution >= 4 is 17.9 Å². The highest BCUT2D eigenvalue weighted by Gasteiger charge is 2.31. The minimum Gasteiger partial charge on any atom is -0.474 e. The van der Waals surface area contributed by atoms with Gasteiger partial charge in [0.05, 0.1) is 6.61 Å². The number of unbranched alkanes of at least 4 members (excludes halogenated alkanes) is 1. The third kappa shape index (κ3) is 7.91. The summed E-state index contributed by atoms with van der Waals surface area (Å²) in [6.45, 7) is 3.44. The number of nitrogens with zero attached hydrogens (tertiary/aromatic N) is 4. The molecule has 2 N–H and O–H groups in total. The summed E-state index contributed by atoms with van der Waals surface area (Å²) in [6, 6.07) is 10.1. The first-order valence-corrected chi connectivity index (χ1v) is 14.2. The molecule has 2 aromatic rings. The lowest BCUT2D eigenvalue weighted by atomic mass is 10.1. The Labute approximate surface area is 234 Å².